The molecule has 0 radical (unpaired) electrons. The molecule has 0 saturated heterocycles. The molecule has 1 aromatic heterocycles. The van der Waals surface area contributed by atoms with Crippen molar-refractivity contribution in [3.05, 3.63) is 90.5 Å². The van der Waals surface area contributed by atoms with Crippen LogP contribution in [0.2, 0.25) is 0 Å². The van der Waals surface area contributed by atoms with Crippen LogP contribution in [-0.4, -0.2) is 32.4 Å². The minimum atomic E-state index is 0.178. The summed E-state index contributed by atoms with van der Waals surface area (Å²) < 4.78 is 0. The zero-order chi connectivity index (χ0) is 24.3. The van der Waals surface area contributed by atoms with Crippen LogP contribution in [0.4, 0.5) is 29.2 Å². The van der Waals surface area contributed by atoms with Crippen molar-refractivity contribution in [3.63, 3.8) is 0 Å². The molecule has 0 bridgehead atoms. The van der Waals surface area contributed by atoms with Gasteiger partial charge in [0.25, 0.3) is 0 Å². The van der Waals surface area contributed by atoms with Gasteiger partial charge in [0.05, 0.1) is 0 Å². The SMILES string of the molecule is O=C(CCCCCNc1nc(Nc2ccccc2)nc(Nc2ccc(O)cc2)n1)c1ccccc1. The number of rotatable bonds is 12. The van der Waals surface area contributed by atoms with E-state index in [0.29, 0.717) is 30.8 Å². The molecule has 178 valence electrons. The minimum Gasteiger partial charge on any atom is -0.508 e. The molecular weight excluding hydrogens is 440 g/mol. The Bertz CT molecular complexity index is 1220. The Morgan fingerprint density at radius 3 is 1.89 bits per heavy atom. The Labute approximate surface area is 204 Å². The molecule has 4 aromatic rings. The molecule has 3 aromatic carbocycles. The number of unbranched alkanes of at least 4 members (excludes halogenated alkanes) is 2. The molecule has 0 aliphatic heterocycles. The summed E-state index contributed by atoms with van der Waals surface area (Å²) in [5.41, 5.74) is 2.37. The van der Waals surface area contributed by atoms with Gasteiger partial charge >= 0.3 is 0 Å². The highest BCUT2D eigenvalue weighted by Gasteiger charge is 2.08. The Kier molecular flexibility index (Phi) is 8.21. The maximum absolute atomic E-state index is 12.2. The van der Waals surface area contributed by atoms with Gasteiger partial charge in [-0.15, -0.1) is 0 Å². The average Bonchev–Trinajstić information content (AvgIpc) is 2.88. The van der Waals surface area contributed by atoms with Gasteiger partial charge in [-0.1, -0.05) is 55.0 Å². The van der Waals surface area contributed by atoms with E-state index in [1.54, 1.807) is 24.3 Å². The standard InChI is InChI=1S/C27H28N6O2/c34-23-17-15-22(16-18-23)30-27-32-25(31-26(33-27)29-21-12-6-2-7-13-21)28-19-9-3-8-14-24(35)20-10-4-1-5-11-20/h1-2,4-7,10-13,15-18,34H,3,8-9,14,19H2,(H3,28,29,30,31,32,33). The van der Waals surface area contributed by atoms with E-state index >= 15 is 0 Å². The summed E-state index contributed by atoms with van der Waals surface area (Å²) >= 11 is 0. The highest BCUT2D eigenvalue weighted by molar-refractivity contribution is 5.95. The third-order valence-electron chi connectivity index (χ3n) is 5.25. The summed E-state index contributed by atoms with van der Waals surface area (Å²) in [7, 11) is 0. The van der Waals surface area contributed by atoms with E-state index in [0.717, 1.165) is 36.2 Å². The van der Waals surface area contributed by atoms with Crippen molar-refractivity contribution in [2.75, 3.05) is 22.5 Å². The second-order valence-electron chi connectivity index (χ2n) is 8.00. The van der Waals surface area contributed by atoms with Gasteiger partial charge < -0.3 is 21.1 Å². The van der Waals surface area contributed by atoms with E-state index in [2.05, 4.69) is 30.9 Å². The largest absolute Gasteiger partial charge is 0.508 e. The molecule has 4 N–H and O–H groups in total. The van der Waals surface area contributed by atoms with E-state index in [1.165, 1.54) is 0 Å². The summed E-state index contributed by atoms with van der Waals surface area (Å²) in [6.07, 6.45) is 3.18. The number of benzene rings is 3. The van der Waals surface area contributed by atoms with Crippen LogP contribution >= 0.6 is 0 Å². The first kappa shape index (κ1) is 23.7. The molecule has 0 saturated carbocycles. The van der Waals surface area contributed by atoms with Crippen LogP contribution in [0.25, 0.3) is 0 Å². The molecule has 4 rings (SSSR count). The summed E-state index contributed by atoms with van der Waals surface area (Å²) in [4.78, 5) is 25.7. The van der Waals surface area contributed by atoms with Crippen molar-refractivity contribution < 1.29 is 9.90 Å². The molecule has 8 nitrogen and oxygen atoms in total. The molecule has 35 heavy (non-hydrogen) atoms. The van der Waals surface area contributed by atoms with Crippen LogP contribution < -0.4 is 16.0 Å². The van der Waals surface area contributed by atoms with Gasteiger partial charge in [-0.2, -0.15) is 15.0 Å². The monoisotopic (exact) mass is 468 g/mol. The highest BCUT2D eigenvalue weighted by atomic mass is 16.3. The number of ketones is 1. The molecule has 0 spiro atoms. The number of nitrogens with one attached hydrogen (secondary N) is 3. The van der Waals surface area contributed by atoms with Gasteiger partial charge in [-0.3, -0.25) is 4.79 Å². The van der Waals surface area contributed by atoms with Crippen molar-refractivity contribution in [3.8, 4) is 5.75 Å². The number of carbonyl (C=O) groups is 1. The van der Waals surface area contributed by atoms with Crippen molar-refractivity contribution in [1.29, 1.82) is 0 Å². The van der Waals surface area contributed by atoms with Crippen LogP contribution in [-0.2, 0) is 0 Å². The number of Topliss-reactive ketones (excluding diaryl/α,β-unsaturated/α-hetero) is 1. The number of anilines is 5. The van der Waals surface area contributed by atoms with Crippen LogP contribution in [0.1, 0.15) is 36.0 Å². The Balaban J connectivity index is 1.34. The topological polar surface area (TPSA) is 112 Å². The van der Waals surface area contributed by atoms with E-state index in [1.807, 2.05) is 60.7 Å². The molecule has 0 fully saturated rings. The molecule has 0 amide bonds. The third kappa shape index (κ3) is 7.53. The first-order valence-corrected chi connectivity index (χ1v) is 11.6. The van der Waals surface area contributed by atoms with Crippen molar-refractivity contribution in [1.82, 2.24) is 15.0 Å². The Morgan fingerprint density at radius 2 is 1.23 bits per heavy atom. The molecule has 8 heteroatoms. The number of para-hydroxylation sites is 1. The molecule has 1 heterocycles. The van der Waals surface area contributed by atoms with Gasteiger partial charge in [0.15, 0.2) is 5.78 Å². The van der Waals surface area contributed by atoms with Crippen molar-refractivity contribution in [2.45, 2.75) is 25.7 Å². The lowest BCUT2D eigenvalue weighted by molar-refractivity contribution is 0.0979. The van der Waals surface area contributed by atoms with Gasteiger partial charge in [-0.05, 0) is 49.2 Å². The molecule has 0 aliphatic carbocycles. The van der Waals surface area contributed by atoms with Gasteiger partial charge in [0.1, 0.15) is 5.75 Å². The van der Waals surface area contributed by atoms with Crippen LogP contribution in [0.5, 0.6) is 5.75 Å². The predicted molar refractivity (Wildman–Crippen MR) is 139 cm³/mol. The van der Waals surface area contributed by atoms with Crippen LogP contribution in [0, 0.1) is 0 Å². The number of phenolic OH excluding ortho intramolecular Hbond substituents is 1. The second kappa shape index (κ2) is 12.1. The van der Waals surface area contributed by atoms with E-state index in [4.69, 9.17) is 0 Å². The number of hydrogen-bond donors (Lipinski definition) is 4. The number of carbonyl (C=O) groups excluding carboxylic acids is 1. The zero-order valence-electron chi connectivity index (χ0n) is 19.3. The van der Waals surface area contributed by atoms with Crippen LogP contribution in [0.15, 0.2) is 84.9 Å². The lowest BCUT2D eigenvalue weighted by Gasteiger charge is -2.11. The van der Waals surface area contributed by atoms with Gasteiger partial charge in [0, 0.05) is 29.9 Å². The minimum absolute atomic E-state index is 0.178. The zero-order valence-corrected chi connectivity index (χ0v) is 19.3. The molecule has 0 unspecified atom stereocenters. The number of phenols is 1. The maximum atomic E-state index is 12.2. The fourth-order valence-electron chi connectivity index (χ4n) is 3.45. The first-order chi connectivity index (χ1) is 17.2. The number of nitrogens with zero attached hydrogens (tertiary/aromatic N) is 3. The van der Waals surface area contributed by atoms with Crippen molar-refractivity contribution >= 4 is 35.0 Å². The fraction of sp³-hybridized carbons (Fsp3) is 0.185. The fourth-order valence-corrected chi connectivity index (χ4v) is 3.45. The normalized spacial score (nSPS) is 10.5. The van der Waals surface area contributed by atoms with E-state index in [9.17, 15) is 9.90 Å². The number of hydrogen-bond acceptors (Lipinski definition) is 8. The van der Waals surface area contributed by atoms with Crippen molar-refractivity contribution in [2.24, 2.45) is 0 Å². The van der Waals surface area contributed by atoms with Gasteiger partial charge in [0.2, 0.25) is 17.8 Å². The number of aromatic hydroxyl groups is 1. The summed E-state index contributed by atoms with van der Waals surface area (Å²) in [5.74, 6) is 1.59. The second-order valence-corrected chi connectivity index (χ2v) is 8.00. The van der Waals surface area contributed by atoms with E-state index < -0.39 is 0 Å². The predicted octanol–water partition coefficient (Wildman–Crippen LogP) is 5.92. The highest BCUT2D eigenvalue weighted by Crippen LogP contribution is 2.20. The van der Waals surface area contributed by atoms with Crippen LogP contribution in [0.3, 0.4) is 0 Å². The lowest BCUT2D eigenvalue weighted by Crippen LogP contribution is -2.10. The first-order valence-electron chi connectivity index (χ1n) is 11.6. The van der Waals surface area contributed by atoms with Gasteiger partial charge in [-0.25, -0.2) is 0 Å². The van der Waals surface area contributed by atoms with E-state index in [-0.39, 0.29) is 11.5 Å². The summed E-state index contributed by atoms with van der Waals surface area (Å²) in [6.45, 7) is 0.674. The quantitative estimate of drug-likeness (QED) is 0.115. The number of aromatic nitrogens is 3. The molecule has 0 aliphatic rings. The maximum Gasteiger partial charge on any atom is 0.233 e. The molecular formula is C27H28N6O2. The summed E-state index contributed by atoms with van der Waals surface area (Å²) in [5, 5.41) is 19.1. The Hall–Kier alpha value is -4.46. The average molecular weight is 469 g/mol. The molecule has 0 atom stereocenters. The Morgan fingerprint density at radius 1 is 0.657 bits per heavy atom. The lowest BCUT2D eigenvalue weighted by atomic mass is 10.0. The summed E-state index contributed by atoms with van der Waals surface area (Å²) in [6, 6.07) is 25.7. The smallest absolute Gasteiger partial charge is 0.233 e. The third-order valence-corrected chi connectivity index (χ3v) is 5.25.